The molecule has 0 unspecified atom stereocenters. The number of nitrogens with zero attached hydrogens (tertiary/aromatic N) is 1. The first-order valence-corrected chi connectivity index (χ1v) is 6.64. The van der Waals surface area contributed by atoms with Gasteiger partial charge in [-0.25, -0.2) is 0 Å². The smallest absolute Gasteiger partial charge is 0.244 e. The molecule has 2 N–H and O–H groups in total. The van der Waals surface area contributed by atoms with Gasteiger partial charge in [0.05, 0.1) is 0 Å². The van der Waals surface area contributed by atoms with Gasteiger partial charge in [0.15, 0.2) is 4.80 Å². The molecule has 0 spiro atoms. The predicted molar refractivity (Wildman–Crippen MR) is 72.6 cm³/mol. The van der Waals surface area contributed by atoms with Gasteiger partial charge < -0.3 is 9.88 Å². The number of aromatic nitrogens is 1. The van der Waals surface area contributed by atoms with Gasteiger partial charge in [-0.1, -0.05) is 19.1 Å². The van der Waals surface area contributed by atoms with Gasteiger partial charge in [0.1, 0.15) is 6.54 Å². The lowest BCUT2D eigenvalue weighted by Gasteiger charge is -2.06. The van der Waals surface area contributed by atoms with Crippen molar-refractivity contribution in [3.8, 4) is 0 Å². The zero-order valence-electron chi connectivity index (χ0n) is 10.1. The molecule has 0 aliphatic rings. The molecule has 0 saturated heterocycles. The molecule has 0 aliphatic carbocycles. The molecule has 18 heavy (non-hydrogen) atoms. The number of anilines is 1. The highest BCUT2D eigenvalue weighted by molar-refractivity contribution is 7.06. The van der Waals surface area contributed by atoms with Gasteiger partial charge in [-0.05, 0) is 24.1 Å². The molecule has 0 bridgehead atoms. The number of hydrogen-bond donors (Lipinski definition) is 2. The molecule has 94 valence electrons. The second-order valence-corrected chi connectivity index (χ2v) is 4.83. The Morgan fingerprint density at radius 3 is 2.67 bits per heavy atom. The van der Waals surface area contributed by atoms with Crippen LogP contribution in [0.3, 0.4) is 0 Å². The third-order valence-electron chi connectivity index (χ3n) is 2.64. The summed E-state index contributed by atoms with van der Waals surface area (Å²) >= 11 is 1.31. The molecular formula is C13H15N3OS. The third kappa shape index (κ3) is 3.07. The molecule has 2 rings (SSSR count). The van der Waals surface area contributed by atoms with Gasteiger partial charge >= 0.3 is 0 Å². The lowest BCUT2D eigenvalue weighted by molar-refractivity contribution is -0.116. The molecule has 4 nitrogen and oxygen atoms in total. The molecule has 0 atom stereocenters. The fourth-order valence-electron chi connectivity index (χ4n) is 1.61. The highest BCUT2D eigenvalue weighted by Crippen LogP contribution is 2.09. The van der Waals surface area contributed by atoms with Crippen LogP contribution in [0.2, 0.25) is 0 Å². The van der Waals surface area contributed by atoms with Crippen molar-refractivity contribution in [3.05, 3.63) is 46.2 Å². The number of thiazole rings is 1. The Balaban J connectivity index is 1.98. The summed E-state index contributed by atoms with van der Waals surface area (Å²) in [6.45, 7) is 2.27. The quantitative estimate of drug-likeness (QED) is 0.871. The second-order valence-electron chi connectivity index (χ2n) is 3.93. The van der Waals surface area contributed by atoms with Gasteiger partial charge in [0.25, 0.3) is 0 Å². The zero-order valence-corrected chi connectivity index (χ0v) is 11.0. The summed E-state index contributed by atoms with van der Waals surface area (Å²) in [5.74, 6) is -0.115. The van der Waals surface area contributed by atoms with Crippen molar-refractivity contribution in [2.75, 3.05) is 5.32 Å². The van der Waals surface area contributed by atoms with Crippen molar-refractivity contribution in [1.29, 1.82) is 5.41 Å². The van der Waals surface area contributed by atoms with E-state index in [1.54, 1.807) is 16.1 Å². The highest BCUT2D eigenvalue weighted by atomic mass is 32.1. The maximum Gasteiger partial charge on any atom is 0.244 e. The minimum absolute atomic E-state index is 0.115. The summed E-state index contributed by atoms with van der Waals surface area (Å²) in [5.41, 5.74) is 2.04. The van der Waals surface area contributed by atoms with E-state index in [2.05, 4.69) is 12.2 Å². The van der Waals surface area contributed by atoms with Crippen molar-refractivity contribution < 1.29 is 4.79 Å². The summed E-state index contributed by atoms with van der Waals surface area (Å²) in [7, 11) is 0. The number of hydrogen-bond acceptors (Lipinski definition) is 3. The van der Waals surface area contributed by atoms with E-state index in [9.17, 15) is 4.79 Å². The molecule has 1 amide bonds. The van der Waals surface area contributed by atoms with Crippen molar-refractivity contribution in [2.24, 2.45) is 0 Å². The average Bonchev–Trinajstić information content (AvgIpc) is 2.76. The van der Waals surface area contributed by atoms with Crippen molar-refractivity contribution >= 4 is 22.9 Å². The van der Waals surface area contributed by atoms with Crippen LogP contribution in [0.4, 0.5) is 5.69 Å². The number of amides is 1. The fraction of sp³-hybridized carbons (Fsp3) is 0.231. The van der Waals surface area contributed by atoms with Crippen LogP contribution >= 0.6 is 11.3 Å². The molecule has 1 aromatic carbocycles. The lowest BCUT2D eigenvalue weighted by Crippen LogP contribution is -2.23. The first kappa shape index (κ1) is 12.6. The highest BCUT2D eigenvalue weighted by Gasteiger charge is 2.04. The Kier molecular flexibility index (Phi) is 3.94. The first-order chi connectivity index (χ1) is 8.69. The van der Waals surface area contributed by atoms with Gasteiger partial charge in [-0.3, -0.25) is 10.2 Å². The number of carbonyl (C=O) groups excluding carboxylic acids is 1. The van der Waals surface area contributed by atoms with Crippen molar-refractivity contribution in [2.45, 2.75) is 19.9 Å². The molecule has 0 fully saturated rings. The largest absolute Gasteiger partial charge is 0.325 e. The van der Waals surface area contributed by atoms with Crippen LogP contribution < -0.4 is 10.1 Å². The van der Waals surface area contributed by atoms with E-state index < -0.39 is 0 Å². The van der Waals surface area contributed by atoms with Gasteiger partial charge in [-0.15, -0.1) is 11.3 Å². The Hall–Kier alpha value is -1.88. The molecule has 0 radical (unpaired) electrons. The minimum atomic E-state index is -0.115. The first-order valence-electron chi connectivity index (χ1n) is 5.76. The predicted octanol–water partition coefficient (Wildman–Crippen LogP) is 2.23. The van der Waals surface area contributed by atoms with Gasteiger partial charge in [-0.2, -0.15) is 0 Å². The maximum atomic E-state index is 11.8. The van der Waals surface area contributed by atoms with Crippen LogP contribution in [-0.4, -0.2) is 10.5 Å². The van der Waals surface area contributed by atoms with E-state index in [1.807, 2.05) is 24.3 Å². The summed E-state index contributed by atoms with van der Waals surface area (Å²) in [4.78, 5) is 12.2. The van der Waals surface area contributed by atoms with Gasteiger partial charge in [0.2, 0.25) is 5.91 Å². The summed E-state index contributed by atoms with van der Waals surface area (Å²) < 4.78 is 1.61. The summed E-state index contributed by atoms with van der Waals surface area (Å²) in [6, 6.07) is 7.81. The third-order valence-corrected chi connectivity index (χ3v) is 3.36. The lowest BCUT2D eigenvalue weighted by atomic mass is 10.1. The SMILES string of the molecule is CCc1ccc(NC(=O)Cn2ccsc2=N)cc1. The molecule has 1 heterocycles. The molecular weight excluding hydrogens is 246 g/mol. The van der Waals surface area contributed by atoms with Crippen LogP contribution in [0.1, 0.15) is 12.5 Å². The van der Waals surface area contributed by atoms with Crippen molar-refractivity contribution in [3.63, 3.8) is 0 Å². The Morgan fingerprint density at radius 2 is 2.11 bits per heavy atom. The Bertz CT molecular complexity index is 583. The van der Waals surface area contributed by atoms with E-state index in [-0.39, 0.29) is 12.5 Å². The van der Waals surface area contributed by atoms with Crippen LogP contribution in [0.15, 0.2) is 35.8 Å². The zero-order chi connectivity index (χ0) is 13.0. The molecule has 0 saturated carbocycles. The van der Waals surface area contributed by atoms with E-state index in [0.29, 0.717) is 4.80 Å². The monoisotopic (exact) mass is 261 g/mol. The number of rotatable bonds is 4. The van der Waals surface area contributed by atoms with E-state index >= 15 is 0 Å². The molecule has 2 aromatic rings. The van der Waals surface area contributed by atoms with E-state index in [1.165, 1.54) is 16.9 Å². The number of carbonyl (C=O) groups is 1. The number of benzene rings is 1. The molecule has 5 heteroatoms. The number of nitrogens with one attached hydrogen (secondary N) is 2. The Morgan fingerprint density at radius 1 is 1.39 bits per heavy atom. The normalized spacial score (nSPS) is 10.3. The van der Waals surface area contributed by atoms with Crippen LogP contribution in [0, 0.1) is 5.41 Å². The summed E-state index contributed by atoms with van der Waals surface area (Å²) in [6.07, 6.45) is 2.73. The molecule has 1 aromatic heterocycles. The minimum Gasteiger partial charge on any atom is -0.325 e. The number of aryl methyl sites for hydroxylation is 1. The van der Waals surface area contributed by atoms with Crippen LogP contribution in [0.25, 0.3) is 0 Å². The second kappa shape index (κ2) is 5.64. The molecule has 0 aliphatic heterocycles. The van der Waals surface area contributed by atoms with Crippen LogP contribution in [0.5, 0.6) is 0 Å². The van der Waals surface area contributed by atoms with E-state index in [0.717, 1.165) is 12.1 Å². The topological polar surface area (TPSA) is 57.9 Å². The fourth-order valence-corrected chi connectivity index (χ4v) is 2.20. The van der Waals surface area contributed by atoms with Crippen molar-refractivity contribution in [1.82, 2.24) is 4.57 Å². The van der Waals surface area contributed by atoms with E-state index in [4.69, 9.17) is 5.41 Å². The standard InChI is InChI=1S/C13H15N3OS/c1-2-10-3-5-11(6-4-10)15-12(17)9-16-7-8-18-13(16)14/h3-8,14H,2,9H2,1H3,(H,15,17). The summed E-state index contributed by atoms with van der Waals surface area (Å²) in [5, 5.41) is 12.2. The van der Waals surface area contributed by atoms with Crippen LogP contribution in [-0.2, 0) is 17.8 Å². The average molecular weight is 261 g/mol. The Labute approximate surface area is 109 Å². The van der Waals surface area contributed by atoms with Gasteiger partial charge in [0, 0.05) is 17.3 Å². The maximum absolute atomic E-state index is 11.8.